The summed E-state index contributed by atoms with van der Waals surface area (Å²) in [4.78, 5) is 8.30. The van der Waals surface area contributed by atoms with Crippen molar-refractivity contribution in [1.82, 2.24) is 4.98 Å². The Kier molecular flexibility index (Phi) is 4.59. The van der Waals surface area contributed by atoms with Crippen LogP contribution in [-0.4, -0.2) is 24.7 Å². The second-order valence-corrected chi connectivity index (χ2v) is 6.12. The standard InChI is InChI=1S/C13H23N3OS/c1-9-5-4-6-16(10(9)2)13-15-11(8-17-3)12(7-14)18-13/h9-10H,4-8,14H2,1-3H3. The summed E-state index contributed by atoms with van der Waals surface area (Å²) in [5.41, 5.74) is 6.79. The first-order valence-electron chi connectivity index (χ1n) is 6.61. The molecule has 5 heteroatoms. The minimum Gasteiger partial charge on any atom is -0.378 e. The lowest BCUT2D eigenvalue weighted by molar-refractivity contribution is 0.181. The topological polar surface area (TPSA) is 51.4 Å². The van der Waals surface area contributed by atoms with Gasteiger partial charge in [0, 0.05) is 31.1 Å². The first kappa shape index (κ1) is 13.8. The molecule has 0 bridgehead atoms. The van der Waals surface area contributed by atoms with E-state index in [1.807, 2.05) is 0 Å². The van der Waals surface area contributed by atoms with E-state index in [2.05, 4.69) is 18.7 Å². The van der Waals surface area contributed by atoms with Gasteiger partial charge in [0.1, 0.15) is 0 Å². The smallest absolute Gasteiger partial charge is 0.186 e. The van der Waals surface area contributed by atoms with Crippen molar-refractivity contribution in [3.05, 3.63) is 10.6 Å². The van der Waals surface area contributed by atoms with Crippen molar-refractivity contribution in [1.29, 1.82) is 0 Å². The summed E-state index contributed by atoms with van der Waals surface area (Å²) < 4.78 is 5.19. The van der Waals surface area contributed by atoms with Crippen molar-refractivity contribution >= 4 is 16.5 Å². The predicted molar refractivity (Wildman–Crippen MR) is 75.9 cm³/mol. The molecule has 1 aliphatic rings. The largest absolute Gasteiger partial charge is 0.378 e. The SMILES string of the molecule is COCc1nc(N2CCCC(C)C2C)sc1CN. The van der Waals surface area contributed by atoms with E-state index in [0.717, 1.165) is 28.2 Å². The zero-order valence-electron chi connectivity index (χ0n) is 11.5. The van der Waals surface area contributed by atoms with Crippen LogP contribution in [0.25, 0.3) is 0 Å². The molecule has 0 aliphatic carbocycles. The number of aromatic nitrogens is 1. The molecule has 0 saturated carbocycles. The third kappa shape index (κ3) is 2.68. The normalized spacial score (nSPS) is 24.6. The van der Waals surface area contributed by atoms with Gasteiger partial charge in [0.05, 0.1) is 12.3 Å². The van der Waals surface area contributed by atoms with E-state index in [1.165, 1.54) is 12.8 Å². The Hall–Kier alpha value is -0.650. The van der Waals surface area contributed by atoms with Crippen LogP contribution in [0.2, 0.25) is 0 Å². The van der Waals surface area contributed by atoms with Gasteiger partial charge in [0.25, 0.3) is 0 Å². The fraction of sp³-hybridized carbons (Fsp3) is 0.769. The van der Waals surface area contributed by atoms with Crippen LogP contribution in [-0.2, 0) is 17.9 Å². The molecule has 1 aliphatic heterocycles. The van der Waals surface area contributed by atoms with Gasteiger partial charge < -0.3 is 15.4 Å². The quantitative estimate of drug-likeness (QED) is 0.911. The zero-order chi connectivity index (χ0) is 13.1. The van der Waals surface area contributed by atoms with E-state index in [9.17, 15) is 0 Å². The number of methoxy groups -OCH3 is 1. The second kappa shape index (κ2) is 5.99. The highest BCUT2D eigenvalue weighted by molar-refractivity contribution is 7.15. The van der Waals surface area contributed by atoms with E-state index in [0.29, 0.717) is 19.2 Å². The van der Waals surface area contributed by atoms with E-state index in [4.69, 9.17) is 15.5 Å². The van der Waals surface area contributed by atoms with E-state index in [1.54, 1.807) is 18.4 Å². The summed E-state index contributed by atoms with van der Waals surface area (Å²) in [6, 6.07) is 0.561. The van der Waals surface area contributed by atoms with Crippen LogP contribution in [0.4, 0.5) is 5.13 Å². The van der Waals surface area contributed by atoms with Gasteiger partial charge in [0.15, 0.2) is 5.13 Å². The van der Waals surface area contributed by atoms with Crippen molar-refractivity contribution in [3.8, 4) is 0 Å². The molecule has 2 rings (SSSR count). The molecule has 2 heterocycles. The molecule has 2 N–H and O–H groups in total. The number of piperidine rings is 1. The minimum atomic E-state index is 0.550. The number of nitrogens with two attached hydrogens (primary N) is 1. The molecule has 0 spiro atoms. The summed E-state index contributed by atoms with van der Waals surface area (Å²) in [6.07, 6.45) is 2.57. The molecule has 2 unspecified atom stereocenters. The van der Waals surface area contributed by atoms with Crippen LogP contribution in [0.5, 0.6) is 0 Å². The number of anilines is 1. The lowest BCUT2D eigenvalue weighted by Crippen LogP contribution is -2.42. The monoisotopic (exact) mass is 269 g/mol. The second-order valence-electron chi connectivity index (χ2n) is 5.06. The predicted octanol–water partition coefficient (Wildman–Crippen LogP) is 2.37. The Bertz CT molecular complexity index is 394. The van der Waals surface area contributed by atoms with Crippen LogP contribution in [0, 0.1) is 5.92 Å². The summed E-state index contributed by atoms with van der Waals surface area (Å²) in [7, 11) is 1.70. The average Bonchev–Trinajstić information content (AvgIpc) is 2.76. The van der Waals surface area contributed by atoms with Crippen molar-refractivity contribution in [2.75, 3.05) is 18.6 Å². The van der Waals surface area contributed by atoms with Crippen molar-refractivity contribution < 1.29 is 4.74 Å². The number of rotatable bonds is 4. The van der Waals surface area contributed by atoms with E-state index in [-0.39, 0.29) is 0 Å². The third-order valence-electron chi connectivity index (χ3n) is 3.85. The van der Waals surface area contributed by atoms with Crippen LogP contribution >= 0.6 is 11.3 Å². The maximum absolute atomic E-state index is 5.78. The van der Waals surface area contributed by atoms with Gasteiger partial charge in [0.2, 0.25) is 0 Å². The van der Waals surface area contributed by atoms with E-state index >= 15 is 0 Å². The molecular formula is C13H23N3OS. The first-order valence-corrected chi connectivity index (χ1v) is 7.43. The van der Waals surface area contributed by atoms with Crippen molar-refractivity contribution in [2.24, 2.45) is 11.7 Å². The highest BCUT2D eigenvalue weighted by Crippen LogP contribution is 2.33. The number of ether oxygens (including phenoxy) is 1. The van der Waals surface area contributed by atoms with Gasteiger partial charge in [-0.25, -0.2) is 4.98 Å². The number of nitrogens with zero attached hydrogens (tertiary/aromatic N) is 2. The Labute approximate surface area is 113 Å². The number of thiazole rings is 1. The maximum atomic E-state index is 5.78. The average molecular weight is 269 g/mol. The zero-order valence-corrected chi connectivity index (χ0v) is 12.3. The molecule has 1 aromatic heterocycles. The molecular weight excluding hydrogens is 246 g/mol. The molecule has 1 saturated heterocycles. The van der Waals surface area contributed by atoms with E-state index < -0.39 is 0 Å². The van der Waals surface area contributed by atoms with Gasteiger partial charge in [-0.05, 0) is 25.7 Å². The fourth-order valence-corrected chi connectivity index (χ4v) is 3.56. The minimum absolute atomic E-state index is 0.550. The fourth-order valence-electron chi connectivity index (χ4n) is 2.51. The molecule has 1 fully saturated rings. The Morgan fingerprint density at radius 3 is 2.94 bits per heavy atom. The molecule has 0 aromatic carbocycles. The van der Waals surface area contributed by atoms with Gasteiger partial charge in [-0.1, -0.05) is 6.92 Å². The Morgan fingerprint density at radius 1 is 1.50 bits per heavy atom. The summed E-state index contributed by atoms with van der Waals surface area (Å²) in [6.45, 7) is 6.83. The van der Waals surface area contributed by atoms with Gasteiger partial charge in [-0.2, -0.15) is 0 Å². The summed E-state index contributed by atoms with van der Waals surface area (Å²) in [5.74, 6) is 0.731. The highest BCUT2D eigenvalue weighted by atomic mass is 32.1. The molecule has 102 valence electrons. The summed E-state index contributed by atoms with van der Waals surface area (Å²) >= 11 is 1.72. The molecule has 1 aromatic rings. The number of hydrogen-bond donors (Lipinski definition) is 1. The number of hydrogen-bond acceptors (Lipinski definition) is 5. The van der Waals surface area contributed by atoms with Crippen LogP contribution in [0.3, 0.4) is 0 Å². The lowest BCUT2D eigenvalue weighted by Gasteiger charge is -2.37. The van der Waals surface area contributed by atoms with Crippen molar-refractivity contribution in [3.63, 3.8) is 0 Å². The Balaban J connectivity index is 2.21. The molecule has 4 nitrogen and oxygen atoms in total. The lowest BCUT2D eigenvalue weighted by atomic mass is 9.93. The molecule has 0 amide bonds. The third-order valence-corrected chi connectivity index (χ3v) is 5.01. The van der Waals surface area contributed by atoms with Crippen LogP contribution in [0.15, 0.2) is 0 Å². The van der Waals surface area contributed by atoms with Gasteiger partial charge in [-0.3, -0.25) is 0 Å². The van der Waals surface area contributed by atoms with Crippen molar-refractivity contribution in [2.45, 2.75) is 45.9 Å². The molecule has 18 heavy (non-hydrogen) atoms. The molecule has 0 radical (unpaired) electrons. The van der Waals surface area contributed by atoms with Crippen LogP contribution in [0.1, 0.15) is 37.3 Å². The highest BCUT2D eigenvalue weighted by Gasteiger charge is 2.27. The summed E-state index contributed by atoms with van der Waals surface area (Å²) in [5, 5.41) is 1.11. The Morgan fingerprint density at radius 2 is 2.28 bits per heavy atom. The van der Waals surface area contributed by atoms with Crippen LogP contribution < -0.4 is 10.6 Å². The van der Waals surface area contributed by atoms with Gasteiger partial charge in [-0.15, -0.1) is 11.3 Å². The molecule has 2 atom stereocenters. The van der Waals surface area contributed by atoms with Gasteiger partial charge >= 0.3 is 0 Å². The maximum Gasteiger partial charge on any atom is 0.186 e. The first-order chi connectivity index (χ1) is 8.67.